The lowest BCUT2D eigenvalue weighted by Gasteiger charge is -1.98. The fourth-order valence-electron chi connectivity index (χ4n) is 2.38. The maximum atomic E-state index is 10.8. The predicted molar refractivity (Wildman–Crippen MR) is 88.1 cm³/mol. The molecule has 0 radical (unpaired) electrons. The Hall–Kier alpha value is -3.38. The highest BCUT2D eigenvalue weighted by molar-refractivity contribution is 6.14. The van der Waals surface area contributed by atoms with Crippen molar-refractivity contribution in [3.05, 3.63) is 83.4 Å². The van der Waals surface area contributed by atoms with Crippen molar-refractivity contribution in [3.63, 3.8) is 0 Å². The van der Waals surface area contributed by atoms with E-state index in [-0.39, 0.29) is 0 Å². The summed E-state index contributed by atoms with van der Waals surface area (Å²) in [4.78, 5) is 21.7. The van der Waals surface area contributed by atoms with Crippen LogP contribution in [0.2, 0.25) is 0 Å². The van der Waals surface area contributed by atoms with E-state index in [0.29, 0.717) is 11.1 Å². The van der Waals surface area contributed by atoms with E-state index in [2.05, 4.69) is 22.8 Å². The number of esters is 2. The molecule has 3 heteroatoms. The molecule has 0 N–H and O–H groups in total. The third kappa shape index (κ3) is 2.83. The van der Waals surface area contributed by atoms with Crippen molar-refractivity contribution in [2.75, 3.05) is 0 Å². The fraction of sp³-hybridized carbons (Fsp3) is 0. The van der Waals surface area contributed by atoms with Gasteiger partial charge >= 0.3 is 11.9 Å². The van der Waals surface area contributed by atoms with E-state index in [4.69, 9.17) is 6.42 Å². The number of benzene rings is 3. The van der Waals surface area contributed by atoms with Gasteiger partial charge in [-0.15, -0.1) is 6.42 Å². The Morgan fingerprint density at radius 2 is 1.30 bits per heavy atom. The van der Waals surface area contributed by atoms with Crippen molar-refractivity contribution in [1.29, 1.82) is 0 Å². The van der Waals surface area contributed by atoms with Gasteiger partial charge in [-0.05, 0) is 29.0 Å². The lowest BCUT2D eigenvalue weighted by molar-refractivity contribution is 0.0444. The van der Waals surface area contributed by atoms with Gasteiger partial charge in [0.1, 0.15) is 0 Å². The first-order valence-corrected chi connectivity index (χ1v) is 7.00. The second-order valence-corrected chi connectivity index (χ2v) is 4.89. The van der Waals surface area contributed by atoms with Crippen molar-refractivity contribution in [2.24, 2.45) is 0 Å². The van der Waals surface area contributed by atoms with Crippen molar-refractivity contribution in [3.8, 4) is 12.3 Å². The Bertz CT molecular complexity index is 910. The number of terminal acetylenes is 1. The minimum atomic E-state index is -0.550. The highest BCUT2D eigenvalue weighted by Crippen LogP contribution is 2.18. The molecule has 1 aliphatic rings. The SMILES string of the molecule is C#Cc1cccc2ccccc12.O=C1OC(=O)c2ccccc21. The standard InChI is InChI=1S/C12H8.C8H4O3/c1-2-10-7-5-8-11-6-3-4-9-12(10)11;9-7-5-3-1-2-4-6(5)8(10)11-7/h1,3-9H;1-4H. The molecule has 110 valence electrons. The van der Waals surface area contributed by atoms with Crippen molar-refractivity contribution in [2.45, 2.75) is 0 Å². The van der Waals surface area contributed by atoms with Crippen LogP contribution in [-0.2, 0) is 4.74 Å². The maximum absolute atomic E-state index is 10.8. The van der Waals surface area contributed by atoms with E-state index >= 15 is 0 Å². The van der Waals surface area contributed by atoms with Crippen LogP contribution in [0.25, 0.3) is 10.8 Å². The van der Waals surface area contributed by atoms with Gasteiger partial charge in [-0.3, -0.25) is 0 Å². The normalized spacial score (nSPS) is 12.0. The largest absolute Gasteiger partial charge is 0.386 e. The first-order chi connectivity index (χ1) is 11.2. The van der Waals surface area contributed by atoms with Gasteiger partial charge in [0.2, 0.25) is 0 Å². The molecule has 3 aromatic rings. The third-order valence-corrected chi connectivity index (χ3v) is 3.50. The molecule has 0 saturated carbocycles. The molecule has 0 unspecified atom stereocenters. The monoisotopic (exact) mass is 300 g/mol. The molecule has 0 aromatic heterocycles. The van der Waals surface area contributed by atoms with Crippen LogP contribution in [0.4, 0.5) is 0 Å². The summed E-state index contributed by atoms with van der Waals surface area (Å²) >= 11 is 0. The highest BCUT2D eigenvalue weighted by atomic mass is 16.6. The topological polar surface area (TPSA) is 43.4 Å². The second kappa shape index (κ2) is 6.17. The van der Waals surface area contributed by atoms with Crippen molar-refractivity contribution >= 4 is 22.7 Å². The van der Waals surface area contributed by atoms with E-state index in [9.17, 15) is 9.59 Å². The van der Waals surface area contributed by atoms with Crippen LogP contribution >= 0.6 is 0 Å². The summed E-state index contributed by atoms with van der Waals surface area (Å²) in [6.45, 7) is 0. The zero-order chi connectivity index (χ0) is 16.2. The average Bonchev–Trinajstić information content (AvgIpc) is 2.90. The smallest absolute Gasteiger partial charge is 0.346 e. The summed E-state index contributed by atoms with van der Waals surface area (Å²) < 4.78 is 4.35. The molecule has 0 spiro atoms. The van der Waals surface area contributed by atoms with E-state index in [1.165, 1.54) is 5.39 Å². The van der Waals surface area contributed by atoms with Gasteiger partial charge in [-0.2, -0.15) is 0 Å². The molecule has 0 atom stereocenters. The zero-order valence-corrected chi connectivity index (χ0v) is 12.2. The number of carbonyl (C=O) groups is 2. The first-order valence-electron chi connectivity index (χ1n) is 7.00. The summed E-state index contributed by atoms with van der Waals surface area (Å²) in [5.74, 6) is 1.57. The van der Waals surface area contributed by atoms with Crippen LogP contribution in [0.1, 0.15) is 26.3 Å². The van der Waals surface area contributed by atoms with Gasteiger partial charge in [0.25, 0.3) is 0 Å². The number of rotatable bonds is 0. The quantitative estimate of drug-likeness (QED) is 0.360. The molecule has 0 fully saturated rings. The molecular weight excluding hydrogens is 288 g/mol. The minimum Gasteiger partial charge on any atom is -0.386 e. The molecule has 0 bridgehead atoms. The lowest BCUT2D eigenvalue weighted by Crippen LogP contribution is -1.96. The molecule has 0 saturated heterocycles. The summed E-state index contributed by atoms with van der Waals surface area (Å²) in [5, 5.41) is 2.36. The van der Waals surface area contributed by atoms with Gasteiger partial charge in [0.15, 0.2) is 0 Å². The van der Waals surface area contributed by atoms with E-state index in [0.717, 1.165) is 10.9 Å². The number of hydrogen-bond donors (Lipinski definition) is 0. The third-order valence-electron chi connectivity index (χ3n) is 3.50. The van der Waals surface area contributed by atoms with Gasteiger partial charge in [0.05, 0.1) is 11.1 Å². The lowest BCUT2D eigenvalue weighted by atomic mass is 10.1. The van der Waals surface area contributed by atoms with Crippen LogP contribution in [0.15, 0.2) is 66.7 Å². The van der Waals surface area contributed by atoms with Gasteiger partial charge in [-0.1, -0.05) is 54.5 Å². The van der Waals surface area contributed by atoms with Crippen LogP contribution in [0.3, 0.4) is 0 Å². The Labute approximate surface area is 133 Å². The van der Waals surface area contributed by atoms with E-state index in [1.54, 1.807) is 24.3 Å². The predicted octanol–water partition coefficient (Wildman–Crippen LogP) is 3.82. The Morgan fingerprint density at radius 1 is 0.739 bits per heavy atom. The molecule has 3 nitrogen and oxygen atoms in total. The van der Waals surface area contributed by atoms with Crippen LogP contribution in [0, 0.1) is 12.3 Å². The Morgan fingerprint density at radius 3 is 1.96 bits per heavy atom. The van der Waals surface area contributed by atoms with E-state index in [1.807, 2.05) is 30.3 Å². The minimum absolute atomic E-state index is 0.359. The molecule has 4 rings (SSSR count). The van der Waals surface area contributed by atoms with Crippen LogP contribution in [-0.4, -0.2) is 11.9 Å². The molecule has 0 amide bonds. The molecule has 1 aliphatic heterocycles. The molecular formula is C20H12O3. The number of hydrogen-bond acceptors (Lipinski definition) is 3. The molecule has 3 aromatic carbocycles. The summed E-state index contributed by atoms with van der Waals surface area (Å²) in [5.41, 5.74) is 1.68. The number of ether oxygens (including phenoxy) is 1. The van der Waals surface area contributed by atoms with Gasteiger partial charge in [0, 0.05) is 5.56 Å². The summed E-state index contributed by atoms with van der Waals surface area (Å²) in [6, 6.07) is 20.7. The summed E-state index contributed by atoms with van der Waals surface area (Å²) in [7, 11) is 0. The first kappa shape index (κ1) is 14.6. The van der Waals surface area contributed by atoms with Crippen LogP contribution in [0.5, 0.6) is 0 Å². The van der Waals surface area contributed by atoms with Gasteiger partial charge < -0.3 is 4.74 Å². The molecule has 23 heavy (non-hydrogen) atoms. The second-order valence-electron chi connectivity index (χ2n) is 4.89. The average molecular weight is 300 g/mol. The van der Waals surface area contributed by atoms with Gasteiger partial charge in [-0.25, -0.2) is 9.59 Å². The zero-order valence-electron chi connectivity index (χ0n) is 12.2. The van der Waals surface area contributed by atoms with Crippen LogP contribution < -0.4 is 0 Å². The number of cyclic esters (lactones) is 2. The Kier molecular flexibility index (Phi) is 3.90. The summed E-state index contributed by atoms with van der Waals surface area (Å²) in [6.07, 6.45) is 5.37. The fourth-order valence-corrected chi connectivity index (χ4v) is 2.38. The van der Waals surface area contributed by atoms with E-state index < -0.39 is 11.9 Å². The highest BCUT2D eigenvalue weighted by Gasteiger charge is 2.28. The molecule has 0 aliphatic carbocycles. The number of fused-ring (bicyclic) bond motifs is 2. The van der Waals surface area contributed by atoms with Crippen molar-refractivity contribution in [1.82, 2.24) is 0 Å². The van der Waals surface area contributed by atoms with Crippen molar-refractivity contribution < 1.29 is 14.3 Å². The number of carbonyl (C=O) groups excluding carboxylic acids is 2. The molecule has 1 heterocycles. The Balaban J connectivity index is 0.000000136. The maximum Gasteiger partial charge on any atom is 0.346 e.